The first-order valence-electron chi connectivity index (χ1n) is 30.1. The molecule has 0 aliphatic carbocycles. The molecule has 22 nitrogen and oxygen atoms in total. The van der Waals surface area contributed by atoms with Crippen LogP contribution in [0, 0.1) is 0 Å². The van der Waals surface area contributed by atoms with Crippen molar-refractivity contribution in [3.63, 3.8) is 0 Å². The number of azide groups is 2. The number of ether oxygens (including phenoxy) is 12. The van der Waals surface area contributed by atoms with Crippen LogP contribution in [-0.4, -0.2) is 135 Å². The maximum absolute atomic E-state index is 12.6. The van der Waals surface area contributed by atoms with Crippen LogP contribution in [0.4, 0.5) is 4.79 Å². The van der Waals surface area contributed by atoms with Crippen LogP contribution >= 0.6 is 0 Å². The van der Waals surface area contributed by atoms with Crippen molar-refractivity contribution in [3.8, 4) is 0 Å². The van der Waals surface area contributed by atoms with E-state index in [4.69, 9.17) is 56.8 Å². The zero-order valence-corrected chi connectivity index (χ0v) is 49.1. The third kappa shape index (κ3) is 16.3. The van der Waals surface area contributed by atoms with E-state index in [-0.39, 0.29) is 46.2 Å². The minimum Gasteiger partial charge on any atom is -0.450 e. The molecule has 4 heterocycles. The van der Waals surface area contributed by atoms with Crippen molar-refractivity contribution in [2.75, 3.05) is 26.4 Å². The molecule has 22 heteroatoms. The Morgan fingerprint density at radius 1 is 0.562 bits per heavy atom. The second-order valence-electron chi connectivity index (χ2n) is 22.4. The van der Waals surface area contributed by atoms with Crippen LogP contribution in [-0.2, 0) is 83.2 Å². The van der Waals surface area contributed by atoms with Crippen molar-refractivity contribution >= 4 is 27.6 Å². The molecular formula is C67H73N7O15. The molecule has 16 atom stereocenters. The predicted octanol–water partition coefficient (Wildman–Crippen LogP) is 11.0. The van der Waals surface area contributed by atoms with Crippen molar-refractivity contribution in [2.24, 2.45) is 10.2 Å². The topological polar surface area (TPSA) is 278 Å². The highest BCUT2D eigenvalue weighted by atomic mass is 16.8. The fourth-order valence-electron chi connectivity index (χ4n) is 11.6. The number of nitrogens with zero attached hydrogens (tertiary/aromatic N) is 6. The zero-order chi connectivity index (χ0) is 61.3. The van der Waals surface area contributed by atoms with E-state index in [9.17, 15) is 26.1 Å². The molecule has 3 N–H and O–H groups in total. The summed E-state index contributed by atoms with van der Waals surface area (Å²) in [5.41, 5.74) is 24.5. The summed E-state index contributed by atoms with van der Waals surface area (Å²) in [4.78, 5) is 18.8. The lowest BCUT2D eigenvalue weighted by Gasteiger charge is -2.52. The Morgan fingerprint density at radius 3 is 1.82 bits per heavy atom. The van der Waals surface area contributed by atoms with Gasteiger partial charge in [-0.1, -0.05) is 174 Å². The van der Waals surface area contributed by atoms with E-state index in [1.807, 2.05) is 164 Å². The number of hydrogen-bond donors (Lipinski definition) is 3. The monoisotopic (exact) mass is 1220 g/mol. The molecule has 1 amide bonds. The lowest BCUT2D eigenvalue weighted by molar-refractivity contribution is -0.388. The summed E-state index contributed by atoms with van der Waals surface area (Å²) in [6.07, 6.45) is -15.4. The summed E-state index contributed by atoms with van der Waals surface area (Å²) in [5, 5.41) is 37.3. The van der Waals surface area contributed by atoms with Crippen LogP contribution < -0.4 is 5.32 Å². The Balaban J connectivity index is 0.930. The molecule has 466 valence electrons. The molecule has 4 aliphatic rings. The Labute approximate surface area is 515 Å². The first-order valence-corrected chi connectivity index (χ1v) is 30.1. The van der Waals surface area contributed by atoms with Gasteiger partial charge in [-0.3, -0.25) is 0 Å². The molecule has 89 heavy (non-hydrogen) atoms. The van der Waals surface area contributed by atoms with Gasteiger partial charge in [0, 0.05) is 28.5 Å². The molecule has 0 spiro atoms. The van der Waals surface area contributed by atoms with Crippen molar-refractivity contribution in [1.82, 2.24) is 5.32 Å². The number of rotatable bonds is 26. The van der Waals surface area contributed by atoms with Gasteiger partial charge < -0.3 is 72.4 Å². The van der Waals surface area contributed by atoms with Crippen molar-refractivity contribution < 1.29 is 71.8 Å². The lowest BCUT2D eigenvalue weighted by atomic mass is 9.93. The van der Waals surface area contributed by atoms with E-state index in [1.54, 1.807) is 6.92 Å². The van der Waals surface area contributed by atoms with Gasteiger partial charge in [0.25, 0.3) is 0 Å². The molecule has 0 saturated carbocycles. The molecule has 0 radical (unpaired) electrons. The number of aliphatic hydroxyl groups excluding tert-OH is 2. The van der Waals surface area contributed by atoms with Crippen molar-refractivity contribution in [1.29, 1.82) is 0 Å². The number of unbranched alkanes of at least 4 members (excludes halogenated alkanes) is 2. The van der Waals surface area contributed by atoms with Gasteiger partial charge in [-0.2, -0.15) is 0 Å². The van der Waals surface area contributed by atoms with Crippen LogP contribution in [0.5, 0.6) is 0 Å². The van der Waals surface area contributed by atoms with Crippen LogP contribution in [0.25, 0.3) is 42.4 Å². The average Bonchev–Trinajstić information content (AvgIpc) is 1.78. The number of carbonyl (C=O) groups excluding carboxylic acids is 1. The van der Waals surface area contributed by atoms with Crippen LogP contribution in [0.15, 0.2) is 186 Å². The normalized spacial score (nSPS) is 28.4. The van der Waals surface area contributed by atoms with E-state index in [2.05, 4.69) is 37.5 Å². The number of fused-ring (bicyclic) bond motifs is 3. The summed E-state index contributed by atoms with van der Waals surface area (Å²) >= 11 is 0. The van der Waals surface area contributed by atoms with E-state index in [0.29, 0.717) is 31.4 Å². The van der Waals surface area contributed by atoms with Gasteiger partial charge in [0.05, 0.1) is 51.8 Å². The first kappa shape index (κ1) is 63.0. The van der Waals surface area contributed by atoms with Gasteiger partial charge in [-0.05, 0) is 93.2 Å². The average molecular weight is 1220 g/mol. The third-order valence-corrected chi connectivity index (χ3v) is 16.2. The lowest BCUT2D eigenvalue weighted by Crippen LogP contribution is -2.67. The smallest absolute Gasteiger partial charge is 0.407 e. The summed E-state index contributed by atoms with van der Waals surface area (Å²) < 4.78 is 80.3. The molecule has 0 unspecified atom stereocenters. The summed E-state index contributed by atoms with van der Waals surface area (Å²) in [5.74, 6) is 0. The minimum atomic E-state index is -1.61. The summed E-state index contributed by atoms with van der Waals surface area (Å²) in [7, 11) is 0. The Bertz CT molecular complexity index is 3480. The molecule has 4 fully saturated rings. The fraction of sp³-hybridized carbons (Fsp3) is 0.418. The van der Waals surface area contributed by atoms with Gasteiger partial charge in [0.1, 0.15) is 60.9 Å². The molecule has 0 bridgehead atoms. The third-order valence-electron chi connectivity index (χ3n) is 16.2. The zero-order valence-electron chi connectivity index (χ0n) is 49.1. The van der Waals surface area contributed by atoms with E-state index < -0.39 is 104 Å². The van der Waals surface area contributed by atoms with Crippen LogP contribution in [0.2, 0.25) is 0 Å². The van der Waals surface area contributed by atoms with Crippen LogP contribution in [0.3, 0.4) is 0 Å². The fourth-order valence-corrected chi connectivity index (χ4v) is 11.6. The van der Waals surface area contributed by atoms with Gasteiger partial charge >= 0.3 is 6.09 Å². The SMILES string of the molecule is C[C@@H]1O[C@@H](O[C@@H]2[C@@H](N=[N+]=[N-])[C@@H](O[C@@H]3[C@H](OCc4ccc5ccccc5c4)[C@@H](OCc4ccc5ccccc5c4)[C@@H](OCCCCCOC(=O)NCc4ccccc4)O[C@@H]3COCc3ccccc3)O[C@@H]3CO[C@H](c4ccccc4)O[C@H]23)[C@@H](N=[N+]=[N-])[C@H](O)[C@@H]1O. The maximum atomic E-state index is 12.6. The van der Waals surface area contributed by atoms with E-state index in [1.165, 1.54) is 0 Å². The van der Waals surface area contributed by atoms with Gasteiger partial charge in [-0.25, -0.2) is 4.79 Å². The molecule has 4 aliphatic heterocycles. The number of carbonyl (C=O) groups is 1. The highest BCUT2D eigenvalue weighted by Crippen LogP contribution is 2.41. The Hall–Kier alpha value is -7.57. The molecule has 0 aromatic heterocycles. The van der Waals surface area contributed by atoms with Gasteiger partial charge in [0.15, 0.2) is 25.2 Å². The number of alkyl carbamates (subject to hydrolysis) is 1. The Morgan fingerprint density at radius 2 is 1.15 bits per heavy atom. The largest absolute Gasteiger partial charge is 0.450 e. The van der Waals surface area contributed by atoms with Crippen LogP contribution in [0.1, 0.15) is 60.3 Å². The molecular weight excluding hydrogens is 1140 g/mol. The number of aliphatic hydroxyl groups is 2. The highest BCUT2D eigenvalue weighted by molar-refractivity contribution is 5.83. The highest BCUT2D eigenvalue weighted by Gasteiger charge is 2.57. The van der Waals surface area contributed by atoms with Crippen molar-refractivity contribution in [3.05, 3.63) is 225 Å². The maximum Gasteiger partial charge on any atom is 0.407 e. The van der Waals surface area contributed by atoms with Crippen molar-refractivity contribution in [2.45, 2.75) is 151 Å². The van der Waals surface area contributed by atoms with E-state index >= 15 is 0 Å². The minimum absolute atomic E-state index is 0.0604. The second-order valence-corrected chi connectivity index (χ2v) is 22.4. The number of amides is 1. The molecule has 7 aromatic rings. The standard InChI is InChI=1S/C67H73N7O15/c1-42-56(75)57(76)54(71-73-68)64(84-42)89-60-55(72-74-69)65(85-53-41-83-63(87-58(53)60)49-24-10-4-11-25-49)88-59-52(40-78-37-44-20-8-3-9-21-44)86-66(79-32-16-5-17-33-80-67(77)70-36-43-18-6-2-7-19-43)62(82-39-46-29-31-48-23-13-15-27-51(48)35-46)61(59)81-38-45-28-30-47-22-12-14-26-50(47)34-45/h2-4,6-15,18-31,34-35,42,52-66,75-76H,5,16-17,32-33,36-41H2,1H3,(H,70,77)/t42-,52+,53+,54-,55+,56+,57-,58-,59-,60+,61-,62+,63-,64-,65+,66-/m0/s1. The quantitative estimate of drug-likeness (QED) is 0.0197. The second kappa shape index (κ2) is 31.2. The molecule has 11 rings (SSSR count). The molecule has 7 aromatic carbocycles. The summed E-state index contributed by atoms with van der Waals surface area (Å²) in [6, 6.07) is 53.9. The summed E-state index contributed by atoms with van der Waals surface area (Å²) in [6.45, 7) is 2.51. The number of nitrogens with one attached hydrogen (secondary N) is 1. The predicted molar refractivity (Wildman–Crippen MR) is 325 cm³/mol. The van der Waals surface area contributed by atoms with E-state index in [0.717, 1.165) is 43.8 Å². The van der Waals surface area contributed by atoms with Gasteiger partial charge in [0.2, 0.25) is 0 Å². The number of hydrogen-bond acceptors (Lipinski definition) is 17. The van der Waals surface area contributed by atoms with Gasteiger partial charge in [-0.15, -0.1) is 0 Å². The number of benzene rings is 7. The first-order chi connectivity index (χ1) is 43.7. The molecule has 4 saturated heterocycles. The Kier molecular flexibility index (Phi) is 22.1.